The van der Waals surface area contributed by atoms with E-state index in [-0.39, 0.29) is 0 Å². The van der Waals surface area contributed by atoms with E-state index >= 15 is 0 Å². The lowest BCUT2D eigenvalue weighted by Gasteiger charge is -2.21. The molecule has 2 aromatic carbocycles. The SMILES string of the molecule is Cc1ccc(NC(=S)N(C)Cc2ccc(C(F)(F)F)cc2)cc1C. The first kappa shape index (κ1) is 18.3. The fourth-order valence-corrected chi connectivity index (χ4v) is 2.37. The van der Waals surface area contributed by atoms with E-state index in [9.17, 15) is 13.2 Å². The highest BCUT2D eigenvalue weighted by Crippen LogP contribution is 2.29. The Kier molecular flexibility index (Phi) is 5.49. The quantitative estimate of drug-likeness (QED) is 0.769. The number of nitrogens with zero attached hydrogens (tertiary/aromatic N) is 1. The lowest BCUT2D eigenvalue weighted by Crippen LogP contribution is -2.30. The molecule has 2 rings (SSSR count). The molecule has 0 fully saturated rings. The van der Waals surface area contributed by atoms with E-state index in [2.05, 4.69) is 5.32 Å². The number of benzene rings is 2. The Morgan fingerprint density at radius 3 is 2.21 bits per heavy atom. The fourth-order valence-electron chi connectivity index (χ4n) is 2.18. The maximum atomic E-state index is 12.6. The van der Waals surface area contributed by atoms with Crippen LogP contribution in [-0.4, -0.2) is 17.1 Å². The smallest absolute Gasteiger partial charge is 0.348 e. The number of nitrogens with one attached hydrogen (secondary N) is 1. The van der Waals surface area contributed by atoms with Gasteiger partial charge in [0.2, 0.25) is 0 Å². The molecule has 0 spiro atoms. The summed E-state index contributed by atoms with van der Waals surface area (Å²) in [5.74, 6) is 0. The largest absolute Gasteiger partial charge is 0.416 e. The minimum Gasteiger partial charge on any atom is -0.348 e. The zero-order valence-corrected chi connectivity index (χ0v) is 14.6. The Labute approximate surface area is 145 Å². The van der Waals surface area contributed by atoms with E-state index in [0.29, 0.717) is 11.7 Å². The number of hydrogen-bond acceptors (Lipinski definition) is 1. The lowest BCUT2D eigenvalue weighted by atomic mass is 10.1. The predicted octanol–water partition coefficient (Wildman–Crippen LogP) is 5.15. The second-order valence-electron chi connectivity index (χ2n) is 5.78. The molecule has 2 nitrogen and oxygen atoms in total. The summed E-state index contributed by atoms with van der Waals surface area (Å²) < 4.78 is 37.7. The molecule has 0 aliphatic carbocycles. The van der Waals surface area contributed by atoms with E-state index in [4.69, 9.17) is 12.2 Å². The zero-order valence-electron chi connectivity index (χ0n) is 13.7. The van der Waals surface area contributed by atoms with Crippen molar-refractivity contribution >= 4 is 23.0 Å². The number of anilines is 1. The van der Waals surface area contributed by atoms with Crippen LogP contribution in [0.4, 0.5) is 18.9 Å². The van der Waals surface area contributed by atoms with Crippen molar-refractivity contribution in [1.29, 1.82) is 0 Å². The average molecular weight is 352 g/mol. The third-order valence-corrected chi connectivity index (χ3v) is 4.22. The molecule has 0 saturated heterocycles. The molecule has 0 aliphatic rings. The van der Waals surface area contributed by atoms with Crippen LogP contribution in [0.5, 0.6) is 0 Å². The second-order valence-corrected chi connectivity index (χ2v) is 6.17. The summed E-state index contributed by atoms with van der Waals surface area (Å²) in [5.41, 5.74) is 3.36. The highest BCUT2D eigenvalue weighted by molar-refractivity contribution is 7.80. The monoisotopic (exact) mass is 352 g/mol. The van der Waals surface area contributed by atoms with Crippen LogP contribution in [-0.2, 0) is 12.7 Å². The predicted molar refractivity (Wildman–Crippen MR) is 95.0 cm³/mol. The van der Waals surface area contributed by atoms with E-state index in [1.807, 2.05) is 32.0 Å². The Hall–Kier alpha value is -2.08. The van der Waals surface area contributed by atoms with Gasteiger partial charge in [0.15, 0.2) is 5.11 Å². The Morgan fingerprint density at radius 2 is 1.67 bits per heavy atom. The van der Waals surface area contributed by atoms with Gasteiger partial charge in [0, 0.05) is 19.3 Å². The number of halogens is 3. The summed E-state index contributed by atoms with van der Waals surface area (Å²) in [6.07, 6.45) is -4.31. The molecule has 2 aromatic rings. The molecular weight excluding hydrogens is 333 g/mol. The number of thiocarbonyl (C=S) groups is 1. The summed E-state index contributed by atoms with van der Waals surface area (Å²) in [6, 6.07) is 11.1. The van der Waals surface area contributed by atoms with Gasteiger partial charge in [-0.1, -0.05) is 18.2 Å². The summed E-state index contributed by atoms with van der Waals surface area (Å²) in [6.45, 7) is 4.48. The fraction of sp³-hybridized carbons (Fsp3) is 0.278. The van der Waals surface area contributed by atoms with Crippen molar-refractivity contribution in [2.45, 2.75) is 26.6 Å². The molecule has 24 heavy (non-hydrogen) atoms. The standard InChI is InChI=1S/C18H19F3N2S/c1-12-4-9-16(10-13(12)2)22-17(24)23(3)11-14-5-7-15(8-6-14)18(19,20)21/h4-10H,11H2,1-3H3,(H,22,24). The minimum absolute atomic E-state index is 0.425. The van der Waals surface area contributed by atoms with Crippen molar-refractivity contribution in [2.75, 3.05) is 12.4 Å². The molecule has 0 amide bonds. The van der Waals surface area contributed by atoms with Crippen molar-refractivity contribution in [1.82, 2.24) is 4.90 Å². The van der Waals surface area contributed by atoms with Crippen LogP contribution < -0.4 is 5.32 Å². The van der Waals surface area contributed by atoms with E-state index in [0.717, 1.165) is 28.9 Å². The van der Waals surface area contributed by atoms with Gasteiger partial charge in [-0.05, 0) is 67.0 Å². The van der Waals surface area contributed by atoms with Crippen LogP contribution in [0.1, 0.15) is 22.3 Å². The summed E-state index contributed by atoms with van der Waals surface area (Å²) in [5, 5.41) is 3.66. The number of alkyl halides is 3. The summed E-state index contributed by atoms with van der Waals surface area (Å²) in [4.78, 5) is 1.78. The van der Waals surface area contributed by atoms with Gasteiger partial charge in [-0.2, -0.15) is 13.2 Å². The molecule has 128 valence electrons. The first-order chi connectivity index (χ1) is 11.2. The number of hydrogen-bond donors (Lipinski definition) is 1. The van der Waals surface area contributed by atoms with Crippen molar-refractivity contribution in [3.05, 3.63) is 64.7 Å². The molecule has 6 heteroatoms. The minimum atomic E-state index is -4.31. The normalized spacial score (nSPS) is 11.2. The van der Waals surface area contributed by atoms with Crippen LogP contribution in [0.2, 0.25) is 0 Å². The summed E-state index contributed by atoms with van der Waals surface area (Å²) >= 11 is 5.35. The Bertz CT molecular complexity index is 724. The second kappa shape index (κ2) is 7.21. The molecule has 0 saturated carbocycles. The van der Waals surface area contributed by atoms with Crippen LogP contribution in [0.3, 0.4) is 0 Å². The highest BCUT2D eigenvalue weighted by Gasteiger charge is 2.29. The first-order valence-electron chi connectivity index (χ1n) is 7.42. The molecule has 0 radical (unpaired) electrons. The van der Waals surface area contributed by atoms with Gasteiger partial charge in [0.1, 0.15) is 0 Å². The number of aryl methyl sites for hydroxylation is 2. The van der Waals surface area contributed by atoms with Crippen molar-refractivity contribution in [2.24, 2.45) is 0 Å². The maximum Gasteiger partial charge on any atom is 0.416 e. The Morgan fingerprint density at radius 1 is 1.04 bits per heavy atom. The Balaban J connectivity index is 1.99. The van der Waals surface area contributed by atoms with Gasteiger partial charge in [0.05, 0.1) is 5.56 Å². The molecular formula is C18H19F3N2S. The van der Waals surface area contributed by atoms with Gasteiger partial charge >= 0.3 is 6.18 Å². The first-order valence-corrected chi connectivity index (χ1v) is 7.83. The molecule has 0 aromatic heterocycles. The van der Waals surface area contributed by atoms with E-state index in [1.165, 1.54) is 17.7 Å². The number of rotatable bonds is 3. The van der Waals surface area contributed by atoms with Crippen molar-refractivity contribution in [3.63, 3.8) is 0 Å². The molecule has 1 N–H and O–H groups in total. The third-order valence-electron chi connectivity index (χ3n) is 3.81. The van der Waals surface area contributed by atoms with Gasteiger partial charge in [-0.15, -0.1) is 0 Å². The summed E-state index contributed by atoms with van der Waals surface area (Å²) in [7, 11) is 1.80. The third kappa shape index (κ3) is 4.71. The van der Waals surface area contributed by atoms with E-state index in [1.54, 1.807) is 11.9 Å². The average Bonchev–Trinajstić information content (AvgIpc) is 2.50. The van der Waals surface area contributed by atoms with Gasteiger partial charge in [-0.25, -0.2) is 0 Å². The molecule has 0 bridgehead atoms. The molecule has 0 heterocycles. The zero-order chi connectivity index (χ0) is 17.9. The van der Waals surface area contributed by atoms with Crippen molar-refractivity contribution in [3.8, 4) is 0 Å². The van der Waals surface area contributed by atoms with Crippen molar-refractivity contribution < 1.29 is 13.2 Å². The molecule has 0 atom stereocenters. The van der Waals surface area contributed by atoms with Gasteiger partial charge in [0.25, 0.3) is 0 Å². The van der Waals surface area contributed by atoms with E-state index < -0.39 is 11.7 Å². The van der Waals surface area contributed by atoms with Gasteiger partial charge < -0.3 is 10.2 Å². The molecule has 0 aliphatic heterocycles. The van der Waals surface area contributed by atoms with Crippen LogP contribution in [0.15, 0.2) is 42.5 Å². The van der Waals surface area contributed by atoms with Crippen LogP contribution in [0, 0.1) is 13.8 Å². The van der Waals surface area contributed by atoms with Crippen LogP contribution in [0.25, 0.3) is 0 Å². The topological polar surface area (TPSA) is 15.3 Å². The van der Waals surface area contributed by atoms with Gasteiger partial charge in [-0.3, -0.25) is 0 Å². The van der Waals surface area contributed by atoms with Crippen LogP contribution >= 0.6 is 12.2 Å². The maximum absolute atomic E-state index is 12.6. The molecule has 0 unspecified atom stereocenters. The lowest BCUT2D eigenvalue weighted by molar-refractivity contribution is -0.137. The highest BCUT2D eigenvalue weighted by atomic mass is 32.1.